The molecule has 2 aromatic carbocycles. The molecule has 0 saturated carbocycles. The van der Waals surface area contributed by atoms with Gasteiger partial charge in [0.2, 0.25) is 0 Å². The summed E-state index contributed by atoms with van der Waals surface area (Å²) >= 11 is 0. The Morgan fingerprint density at radius 1 is 1.00 bits per heavy atom. The zero-order valence-electron chi connectivity index (χ0n) is 16.2. The first kappa shape index (κ1) is 18.8. The van der Waals surface area contributed by atoms with Crippen molar-refractivity contribution in [1.82, 2.24) is 19.5 Å². The van der Waals surface area contributed by atoms with Crippen LogP contribution >= 0.6 is 0 Å². The molecule has 0 atom stereocenters. The number of nitrogens with zero attached hydrogens (tertiary/aromatic N) is 4. The molecule has 7 heteroatoms. The molecule has 0 spiro atoms. The number of carbonyl (C=O) groups is 1. The van der Waals surface area contributed by atoms with Gasteiger partial charge in [-0.3, -0.25) is 4.57 Å². The molecule has 29 heavy (non-hydrogen) atoms. The second-order valence-corrected chi connectivity index (χ2v) is 6.34. The van der Waals surface area contributed by atoms with Crippen LogP contribution in [0.25, 0.3) is 33.8 Å². The third-order valence-corrected chi connectivity index (χ3v) is 4.49. The SMILES string of the molecule is CCOC(=O)c1ccc(-c2nc3c(-c4ccccc4)ncnc3n2COC)cc1. The number of benzene rings is 2. The van der Waals surface area contributed by atoms with E-state index in [9.17, 15) is 4.79 Å². The fourth-order valence-corrected chi connectivity index (χ4v) is 3.19. The van der Waals surface area contributed by atoms with Crippen molar-refractivity contribution >= 4 is 17.1 Å². The van der Waals surface area contributed by atoms with Crippen LogP contribution in [0.1, 0.15) is 17.3 Å². The summed E-state index contributed by atoms with van der Waals surface area (Å²) in [5.41, 5.74) is 4.44. The van der Waals surface area contributed by atoms with Gasteiger partial charge in [0.25, 0.3) is 0 Å². The highest BCUT2D eigenvalue weighted by Crippen LogP contribution is 2.29. The van der Waals surface area contributed by atoms with Crippen molar-refractivity contribution in [2.75, 3.05) is 13.7 Å². The predicted molar refractivity (Wildman–Crippen MR) is 109 cm³/mol. The first-order chi connectivity index (χ1) is 14.2. The summed E-state index contributed by atoms with van der Waals surface area (Å²) in [4.78, 5) is 25.6. The van der Waals surface area contributed by atoms with E-state index in [1.54, 1.807) is 26.2 Å². The van der Waals surface area contributed by atoms with Gasteiger partial charge in [-0.15, -0.1) is 0 Å². The molecule has 0 amide bonds. The number of aromatic nitrogens is 4. The highest BCUT2D eigenvalue weighted by atomic mass is 16.5. The Morgan fingerprint density at radius 2 is 1.76 bits per heavy atom. The second-order valence-electron chi connectivity index (χ2n) is 6.34. The predicted octanol–water partition coefficient (Wildman–Crippen LogP) is 3.94. The number of hydrogen-bond acceptors (Lipinski definition) is 6. The molecule has 0 radical (unpaired) electrons. The number of carbonyl (C=O) groups excluding carboxylic acids is 1. The summed E-state index contributed by atoms with van der Waals surface area (Å²) < 4.78 is 12.3. The monoisotopic (exact) mass is 388 g/mol. The minimum Gasteiger partial charge on any atom is -0.462 e. The van der Waals surface area contributed by atoms with E-state index in [1.807, 2.05) is 47.0 Å². The summed E-state index contributed by atoms with van der Waals surface area (Å²) in [6, 6.07) is 17.0. The van der Waals surface area contributed by atoms with E-state index >= 15 is 0 Å². The van der Waals surface area contributed by atoms with Crippen molar-refractivity contribution in [2.24, 2.45) is 0 Å². The molecule has 4 rings (SSSR count). The minimum absolute atomic E-state index is 0.288. The quantitative estimate of drug-likeness (QED) is 0.466. The van der Waals surface area contributed by atoms with E-state index in [0.29, 0.717) is 29.2 Å². The van der Waals surface area contributed by atoms with Gasteiger partial charge in [0.1, 0.15) is 30.1 Å². The molecule has 146 valence electrons. The number of ether oxygens (including phenoxy) is 2. The van der Waals surface area contributed by atoms with E-state index in [0.717, 1.165) is 16.8 Å². The minimum atomic E-state index is -0.346. The van der Waals surface area contributed by atoms with Crippen LogP contribution in [-0.2, 0) is 16.2 Å². The molecule has 0 saturated heterocycles. The Morgan fingerprint density at radius 3 is 2.45 bits per heavy atom. The van der Waals surface area contributed by atoms with Gasteiger partial charge in [0, 0.05) is 18.2 Å². The van der Waals surface area contributed by atoms with Gasteiger partial charge in [-0.25, -0.2) is 19.7 Å². The standard InChI is InChI=1S/C22H20N4O3/c1-3-29-22(27)17-11-9-16(10-12-17)20-25-19-18(15-7-5-4-6-8-15)23-13-24-21(19)26(20)14-28-2/h4-13H,3,14H2,1-2H3. The maximum absolute atomic E-state index is 11.9. The first-order valence-corrected chi connectivity index (χ1v) is 9.26. The molecule has 0 fully saturated rings. The molecule has 0 aliphatic rings. The maximum atomic E-state index is 11.9. The Hall–Kier alpha value is -3.58. The average molecular weight is 388 g/mol. The van der Waals surface area contributed by atoms with Gasteiger partial charge >= 0.3 is 5.97 Å². The lowest BCUT2D eigenvalue weighted by molar-refractivity contribution is 0.0526. The van der Waals surface area contributed by atoms with E-state index < -0.39 is 0 Å². The molecule has 0 aliphatic carbocycles. The number of fused-ring (bicyclic) bond motifs is 1. The van der Waals surface area contributed by atoms with E-state index in [1.165, 1.54) is 6.33 Å². The van der Waals surface area contributed by atoms with Crippen molar-refractivity contribution in [1.29, 1.82) is 0 Å². The first-order valence-electron chi connectivity index (χ1n) is 9.26. The van der Waals surface area contributed by atoms with E-state index in [2.05, 4.69) is 9.97 Å². The zero-order chi connectivity index (χ0) is 20.2. The normalized spacial score (nSPS) is 11.0. The van der Waals surface area contributed by atoms with Crippen molar-refractivity contribution in [3.05, 3.63) is 66.5 Å². The Bertz CT molecular complexity index is 1140. The van der Waals surface area contributed by atoms with Gasteiger partial charge in [0.15, 0.2) is 5.65 Å². The molecule has 0 bridgehead atoms. The second kappa shape index (κ2) is 8.20. The maximum Gasteiger partial charge on any atom is 0.338 e. The number of imidazole rings is 1. The Kier molecular flexibility index (Phi) is 5.31. The average Bonchev–Trinajstić information content (AvgIpc) is 3.13. The van der Waals surface area contributed by atoms with Crippen LogP contribution < -0.4 is 0 Å². The third kappa shape index (κ3) is 3.60. The smallest absolute Gasteiger partial charge is 0.338 e. The number of esters is 1. The molecule has 0 unspecified atom stereocenters. The molecule has 4 aromatic rings. The van der Waals surface area contributed by atoms with Gasteiger partial charge in [-0.1, -0.05) is 42.5 Å². The summed E-state index contributed by atoms with van der Waals surface area (Å²) in [5.74, 6) is 0.344. The lowest BCUT2D eigenvalue weighted by atomic mass is 10.1. The Labute approximate surface area is 168 Å². The molecule has 0 N–H and O–H groups in total. The third-order valence-electron chi connectivity index (χ3n) is 4.49. The van der Waals surface area contributed by atoms with Gasteiger partial charge < -0.3 is 9.47 Å². The summed E-state index contributed by atoms with van der Waals surface area (Å²) in [5, 5.41) is 0. The van der Waals surface area contributed by atoms with Gasteiger partial charge in [-0.05, 0) is 19.1 Å². The lowest BCUT2D eigenvalue weighted by Crippen LogP contribution is -2.05. The molecule has 2 aromatic heterocycles. The largest absolute Gasteiger partial charge is 0.462 e. The zero-order valence-corrected chi connectivity index (χ0v) is 16.2. The number of rotatable bonds is 6. The lowest BCUT2D eigenvalue weighted by Gasteiger charge is -2.08. The van der Waals surface area contributed by atoms with Crippen LogP contribution in [-0.4, -0.2) is 39.2 Å². The number of methoxy groups -OCH3 is 1. The molecule has 2 heterocycles. The van der Waals surface area contributed by atoms with Crippen LogP contribution in [0.3, 0.4) is 0 Å². The highest BCUT2D eigenvalue weighted by Gasteiger charge is 2.18. The van der Waals surface area contributed by atoms with Crippen LogP contribution in [0.15, 0.2) is 60.9 Å². The summed E-state index contributed by atoms with van der Waals surface area (Å²) in [7, 11) is 1.62. The summed E-state index contributed by atoms with van der Waals surface area (Å²) in [6.45, 7) is 2.41. The van der Waals surface area contributed by atoms with Crippen molar-refractivity contribution in [3.8, 4) is 22.6 Å². The van der Waals surface area contributed by atoms with Crippen LogP contribution in [0.4, 0.5) is 0 Å². The molecule has 0 aliphatic heterocycles. The molecule has 7 nitrogen and oxygen atoms in total. The van der Waals surface area contributed by atoms with Crippen LogP contribution in [0, 0.1) is 0 Å². The van der Waals surface area contributed by atoms with Crippen molar-refractivity contribution < 1.29 is 14.3 Å². The van der Waals surface area contributed by atoms with Gasteiger partial charge in [-0.2, -0.15) is 0 Å². The number of hydrogen-bond donors (Lipinski definition) is 0. The Balaban J connectivity index is 1.84. The van der Waals surface area contributed by atoms with Crippen molar-refractivity contribution in [3.63, 3.8) is 0 Å². The molecular weight excluding hydrogens is 368 g/mol. The van der Waals surface area contributed by atoms with E-state index in [-0.39, 0.29) is 12.7 Å². The van der Waals surface area contributed by atoms with Crippen LogP contribution in [0.2, 0.25) is 0 Å². The van der Waals surface area contributed by atoms with Crippen LogP contribution in [0.5, 0.6) is 0 Å². The topological polar surface area (TPSA) is 79.1 Å². The van der Waals surface area contributed by atoms with Gasteiger partial charge in [0.05, 0.1) is 12.2 Å². The highest BCUT2D eigenvalue weighted by molar-refractivity contribution is 5.91. The van der Waals surface area contributed by atoms with Crippen molar-refractivity contribution in [2.45, 2.75) is 13.7 Å². The summed E-state index contributed by atoms with van der Waals surface area (Å²) in [6.07, 6.45) is 1.53. The molecular formula is C22H20N4O3. The fourth-order valence-electron chi connectivity index (χ4n) is 3.19. The van der Waals surface area contributed by atoms with E-state index in [4.69, 9.17) is 14.5 Å². The fraction of sp³-hybridized carbons (Fsp3) is 0.182.